The van der Waals surface area contributed by atoms with Crippen LogP contribution >= 0.6 is 43.5 Å². The van der Waals surface area contributed by atoms with Crippen molar-refractivity contribution in [3.8, 4) is 0 Å². The quantitative estimate of drug-likeness (QED) is 0.684. The van der Waals surface area contributed by atoms with E-state index in [2.05, 4.69) is 31.9 Å². The molecule has 0 bridgehead atoms. The first-order chi connectivity index (χ1) is 9.40. The summed E-state index contributed by atoms with van der Waals surface area (Å²) in [5, 5.41) is 10.7. The van der Waals surface area contributed by atoms with Crippen LogP contribution in [0.4, 0.5) is 4.39 Å². The van der Waals surface area contributed by atoms with Crippen molar-refractivity contribution < 1.29 is 9.50 Å². The zero-order chi connectivity index (χ0) is 14.9. The Labute approximate surface area is 139 Å². The van der Waals surface area contributed by atoms with E-state index in [0.29, 0.717) is 16.1 Å². The van der Waals surface area contributed by atoms with Crippen LogP contribution < -0.4 is 0 Å². The van der Waals surface area contributed by atoms with Gasteiger partial charge < -0.3 is 5.11 Å². The van der Waals surface area contributed by atoms with Crippen LogP contribution in [0, 0.1) is 12.7 Å². The van der Waals surface area contributed by atoms with E-state index in [1.165, 1.54) is 6.07 Å². The Morgan fingerprint density at radius 2 is 1.95 bits per heavy atom. The van der Waals surface area contributed by atoms with Crippen molar-refractivity contribution in [1.82, 2.24) is 0 Å². The molecule has 5 heteroatoms. The molecule has 2 aromatic carbocycles. The van der Waals surface area contributed by atoms with Gasteiger partial charge in [0.2, 0.25) is 0 Å². The predicted molar refractivity (Wildman–Crippen MR) is 86.7 cm³/mol. The fraction of sp³-hybridized carbons (Fsp3) is 0.200. The molecule has 0 aliphatic heterocycles. The molecule has 0 saturated heterocycles. The second kappa shape index (κ2) is 6.56. The Morgan fingerprint density at radius 3 is 2.60 bits per heavy atom. The van der Waals surface area contributed by atoms with E-state index in [4.69, 9.17) is 11.6 Å². The van der Waals surface area contributed by atoms with Gasteiger partial charge in [0, 0.05) is 26.0 Å². The van der Waals surface area contributed by atoms with Crippen LogP contribution in [0.25, 0.3) is 0 Å². The molecule has 2 aromatic rings. The largest absolute Gasteiger partial charge is 0.388 e. The fourth-order valence-electron chi connectivity index (χ4n) is 1.95. The first-order valence-electron chi connectivity index (χ1n) is 5.96. The van der Waals surface area contributed by atoms with Crippen LogP contribution in [0.2, 0.25) is 5.02 Å². The van der Waals surface area contributed by atoms with Crippen LogP contribution in [0.15, 0.2) is 39.3 Å². The number of rotatable bonds is 3. The molecule has 20 heavy (non-hydrogen) atoms. The SMILES string of the molecule is Cc1cc(Br)c(C(O)Cc2c(F)cccc2Cl)cc1Br. The standard InChI is InChI=1S/C15H12Br2ClFO/c1-8-5-12(17)9(6-11(8)16)15(20)7-10-13(18)3-2-4-14(10)19/h2-6,15,20H,7H2,1H3. The van der Waals surface area contributed by atoms with E-state index in [-0.39, 0.29) is 6.42 Å². The van der Waals surface area contributed by atoms with E-state index in [9.17, 15) is 9.50 Å². The highest BCUT2D eigenvalue weighted by molar-refractivity contribution is 9.11. The Balaban J connectivity index is 2.33. The smallest absolute Gasteiger partial charge is 0.127 e. The van der Waals surface area contributed by atoms with Crippen molar-refractivity contribution in [3.63, 3.8) is 0 Å². The Bertz CT molecular complexity index is 626. The van der Waals surface area contributed by atoms with E-state index in [1.807, 2.05) is 19.1 Å². The second-order valence-electron chi connectivity index (χ2n) is 4.54. The monoisotopic (exact) mass is 420 g/mol. The van der Waals surface area contributed by atoms with Gasteiger partial charge in [-0.25, -0.2) is 4.39 Å². The maximum atomic E-state index is 13.8. The zero-order valence-electron chi connectivity index (χ0n) is 10.6. The third-order valence-corrected chi connectivity index (χ3v) is 4.99. The summed E-state index contributed by atoms with van der Waals surface area (Å²) in [5.41, 5.74) is 2.07. The van der Waals surface area contributed by atoms with Crippen LogP contribution in [-0.4, -0.2) is 5.11 Å². The molecule has 1 N–H and O–H groups in total. The molecule has 0 aliphatic rings. The van der Waals surface area contributed by atoms with Gasteiger partial charge in [0.05, 0.1) is 6.10 Å². The number of benzene rings is 2. The molecular weight excluding hydrogens is 410 g/mol. The summed E-state index contributed by atoms with van der Waals surface area (Å²) >= 11 is 12.8. The highest BCUT2D eigenvalue weighted by atomic mass is 79.9. The average molecular weight is 423 g/mol. The Hall–Kier alpha value is -0.420. The first-order valence-corrected chi connectivity index (χ1v) is 7.93. The molecule has 0 fully saturated rings. The fourth-order valence-corrected chi connectivity index (χ4v) is 3.27. The Kier molecular flexibility index (Phi) is 5.24. The zero-order valence-corrected chi connectivity index (χ0v) is 14.6. The van der Waals surface area contributed by atoms with Crippen molar-refractivity contribution in [2.45, 2.75) is 19.4 Å². The third-order valence-electron chi connectivity index (χ3n) is 3.10. The molecule has 1 nitrogen and oxygen atoms in total. The molecule has 1 atom stereocenters. The van der Waals surface area contributed by atoms with Gasteiger partial charge in [-0.05, 0) is 42.3 Å². The van der Waals surface area contributed by atoms with E-state index >= 15 is 0 Å². The topological polar surface area (TPSA) is 20.2 Å². The van der Waals surface area contributed by atoms with Crippen LogP contribution in [-0.2, 0) is 6.42 Å². The molecule has 106 valence electrons. The third kappa shape index (κ3) is 3.42. The van der Waals surface area contributed by atoms with Gasteiger partial charge in [-0.1, -0.05) is 49.5 Å². The van der Waals surface area contributed by atoms with Gasteiger partial charge in [-0.2, -0.15) is 0 Å². The lowest BCUT2D eigenvalue weighted by Crippen LogP contribution is -2.05. The van der Waals surface area contributed by atoms with Crippen molar-refractivity contribution in [2.24, 2.45) is 0 Å². The molecule has 0 amide bonds. The van der Waals surface area contributed by atoms with Crippen molar-refractivity contribution in [1.29, 1.82) is 0 Å². The highest BCUT2D eigenvalue weighted by Crippen LogP contribution is 2.33. The molecule has 0 spiro atoms. The summed E-state index contributed by atoms with van der Waals surface area (Å²) in [4.78, 5) is 0. The molecule has 2 rings (SSSR count). The molecular formula is C15H12Br2ClFO. The summed E-state index contributed by atoms with van der Waals surface area (Å²) in [6, 6.07) is 8.25. The normalized spacial score (nSPS) is 12.5. The second-order valence-corrected chi connectivity index (χ2v) is 6.66. The van der Waals surface area contributed by atoms with Crippen molar-refractivity contribution >= 4 is 43.5 Å². The lowest BCUT2D eigenvalue weighted by molar-refractivity contribution is 0.176. The van der Waals surface area contributed by atoms with Crippen LogP contribution in [0.3, 0.4) is 0 Å². The van der Waals surface area contributed by atoms with Gasteiger partial charge in [0.25, 0.3) is 0 Å². The number of halogens is 4. The molecule has 1 unspecified atom stereocenters. The number of aryl methyl sites for hydroxylation is 1. The number of hydrogen-bond acceptors (Lipinski definition) is 1. The van der Waals surface area contributed by atoms with Gasteiger partial charge in [0.15, 0.2) is 0 Å². The van der Waals surface area contributed by atoms with E-state index in [1.54, 1.807) is 12.1 Å². The number of aliphatic hydroxyl groups excluding tert-OH is 1. The minimum absolute atomic E-state index is 0.125. The number of hydrogen-bond donors (Lipinski definition) is 1. The van der Waals surface area contributed by atoms with Gasteiger partial charge in [-0.15, -0.1) is 0 Å². The minimum Gasteiger partial charge on any atom is -0.388 e. The molecule has 0 radical (unpaired) electrons. The summed E-state index contributed by atoms with van der Waals surface area (Å²) in [6.07, 6.45) is -0.713. The summed E-state index contributed by atoms with van der Waals surface area (Å²) in [5.74, 6) is -0.404. The number of aliphatic hydroxyl groups is 1. The molecule has 0 saturated carbocycles. The predicted octanol–water partition coefficient (Wildman–Crippen LogP) is 5.59. The van der Waals surface area contributed by atoms with Crippen LogP contribution in [0.5, 0.6) is 0 Å². The minimum atomic E-state index is -0.837. The molecule has 0 aromatic heterocycles. The Morgan fingerprint density at radius 1 is 1.25 bits per heavy atom. The highest BCUT2D eigenvalue weighted by Gasteiger charge is 2.17. The lowest BCUT2D eigenvalue weighted by Gasteiger charge is -2.16. The van der Waals surface area contributed by atoms with Crippen molar-refractivity contribution in [2.75, 3.05) is 0 Å². The van der Waals surface area contributed by atoms with Crippen LogP contribution in [0.1, 0.15) is 22.8 Å². The lowest BCUT2D eigenvalue weighted by atomic mass is 10.00. The maximum Gasteiger partial charge on any atom is 0.127 e. The van der Waals surface area contributed by atoms with Gasteiger partial charge in [0.1, 0.15) is 5.82 Å². The summed E-state index contributed by atoms with van der Waals surface area (Å²) in [7, 11) is 0. The summed E-state index contributed by atoms with van der Waals surface area (Å²) in [6.45, 7) is 1.96. The maximum absolute atomic E-state index is 13.8. The van der Waals surface area contributed by atoms with Gasteiger partial charge >= 0.3 is 0 Å². The van der Waals surface area contributed by atoms with E-state index in [0.717, 1.165) is 14.5 Å². The van der Waals surface area contributed by atoms with Crippen molar-refractivity contribution in [3.05, 3.63) is 66.8 Å². The first kappa shape index (κ1) is 16.0. The van der Waals surface area contributed by atoms with Gasteiger partial charge in [-0.3, -0.25) is 0 Å². The van der Waals surface area contributed by atoms with E-state index < -0.39 is 11.9 Å². The average Bonchev–Trinajstić information content (AvgIpc) is 2.38. The summed E-state index contributed by atoms with van der Waals surface area (Å²) < 4.78 is 15.4. The molecule has 0 aliphatic carbocycles. The molecule has 0 heterocycles.